The summed E-state index contributed by atoms with van der Waals surface area (Å²) in [6.45, 7) is -0.603. The molecule has 1 aromatic rings. The largest absolute Gasteiger partial charge is 0.546 e. The van der Waals surface area contributed by atoms with E-state index in [1.807, 2.05) is 0 Å². The Bertz CT molecular complexity index is 623. The first-order chi connectivity index (χ1) is 9.97. The molecule has 4 nitrogen and oxygen atoms in total. The molecule has 0 N–H and O–H groups in total. The summed E-state index contributed by atoms with van der Waals surface area (Å²) in [5.74, 6) is -0.515. The van der Waals surface area contributed by atoms with Crippen molar-refractivity contribution in [3.05, 3.63) is 27.2 Å². The molecule has 6 heteroatoms. The fourth-order valence-electron chi connectivity index (χ4n) is 2.83. The third-order valence-electron chi connectivity index (χ3n) is 4.00. The summed E-state index contributed by atoms with van der Waals surface area (Å²) in [7, 11) is 0. The Morgan fingerprint density at radius 3 is 2.67 bits per heavy atom. The van der Waals surface area contributed by atoms with Crippen LogP contribution in [0.3, 0.4) is 0 Å². The molecule has 21 heavy (non-hydrogen) atoms. The summed E-state index contributed by atoms with van der Waals surface area (Å²) < 4.78 is 5.08. The van der Waals surface area contributed by atoms with E-state index in [4.69, 9.17) is 27.9 Å². The van der Waals surface area contributed by atoms with Gasteiger partial charge in [0.2, 0.25) is 0 Å². The predicted octanol–water partition coefficient (Wildman–Crippen LogP) is 2.28. The number of hydrogen-bond donors (Lipinski definition) is 0. The summed E-state index contributed by atoms with van der Waals surface area (Å²) >= 11 is 12.2. The van der Waals surface area contributed by atoms with Gasteiger partial charge in [0.1, 0.15) is 17.4 Å². The highest BCUT2D eigenvalue weighted by Crippen LogP contribution is 2.45. The van der Waals surface area contributed by atoms with Gasteiger partial charge in [0.25, 0.3) is 0 Å². The fourth-order valence-corrected chi connectivity index (χ4v) is 3.34. The monoisotopic (exact) mass is 327 g/mol. The minimum Gasteiger partial charge on any atom is -0.546 e. The number of ether oxygens (including phenoxy) is 1. The molecule has 1 aromatic carbocycles. The highest BCUT2D eigenvalue weighted by molar-refractivity contribution is 6.45. The number of rotatable bonds is 5. The first kappa shape index (κ1) is 14.7. The standard InChI is InChI=1S/C15H14Cl2O4/c16-13-10(21-6-11(18)19)5-8-4-9(3-7-1-2-7)15(20)12(8)14(13)17/h5,7,9H,1-4,6H2,(H,18,19)/p-1. The molecule has 2 aliphatic rings. The van der Waals surface area contributed by atoms with E-state index >= 15 is 0 Å². The lowest BCUT2D eigenvalue weighted by atomic mass is 9.98. The van der Waals surface area contributed by atoms with E-state index in [0.29, 0.717) is 17.9 Å². The maximum atomic E-state index is 12.4. The molecule has 1 fully saturated rings. The second kappa shape index (κ2) is 5.50. The zero-order valence-electron chi connectivity index (χ0n) is 11.2. The molecule has 0 bridgehead atoms. The number of ketones is 1. The predicted molar refractivity (Wildman–Crippen MR) is 75.8 cm³/mol. The van der Waals surface area contributed by atoms with E-state index in [1.165, 1.54) is 12.8 Å². The van der Waals surface area contributed by atoms with Gasteiger partial charge in [-0.2, -0.15) is 0 Å². The number of carbonyl (C=O) groups excluding carboxylic acids is 2. The average Bonchev–Trinajstić information content (AvgIpc) is 3.18. The molecule has 1 unspecified atom stereocenters. The molecule has 3 rings (SSSR count). The maximum absolute atomic E-state index is 12.4. The van der Waals surface area contributed by atoms with Crippen LogP contribution in [0, 0.1) is 11.8 Å². The van der Waals surface area contributed by atoms with E-state index in [9.17, 15) is 14.7 Å². The number of carbonyl (C=O) groups is 2. The Hall–Kier alpha value is -1.26. The summed E-state index contributed by atoms with van der Waals surface area (Å²) in [5, 5.41) is 10.7. The van der Waals surface area contributed by atoms with Crippen molar-refractivity contribution in [3.63, 3.8) is 0 Å². The van der Waals surface area contributed by atoms with Crippen LogP contribution in [0.1, 0.15) is 35.2 Å². The van der Waals surface area contributed by atoms with Crippen LogP contribution in [0.4, 0.5) is 0 Å². The molecular formula is C15H13Cl2O4-. The van der Waals surface area contributed by atoms with Crippen LogP contribution in [0.2, 0.25) is 10.0 Å². The molecule has 0 saturated heterocycles. The normalized spacial score (nSPS) is 20.5. The van der Waals surface area contributed by atoms with Gasteiger partial charge in [-0.15, -0.1) is 0 Å². The Morgan fingerprint density at radius 1 is 1.33 bits per heavy atom. The molecular weight excluding hydrogens is 315 g/mol. The smallest absolute Gasteiger partial charge is 0.168 e. The van der Waals surface area contributed by atoms with Crippen LogP contribution in [0.15, 0.2) is 6.07 Å². The first-order valence-electron chi connectivity index (χ1n) is 6.85. The number of Topliss-reactive ketones (excluding diaryl/α,β-unsaturated/α-hetero) is 1. The van der Waals surface area contributed by atoms with Crippen molar-refractivity contribution in [2.75, 3.05) is 6.61 Å². The number of fused-ring (bicyclic) bond motifs is 1. The van der Waals surface area contributed by atoms with E-state index in [0.717, 1.165) is 12.0 Å². The van der Waals surface area contributed by atoms with Crippen molar-refractivity contribution in [2.24, 2.45) is 11.8 Å². The quantitative estimate of drug-likeness (QED) is 0.832. The van der Waals surface area contributed by atoms with Gasteiger partial charge in [-0.1, -0.05) is 36.0 Å². The van der Waals surface area contributed by atoms with Crippen molar-refractivity contribution >= 4 is 35.0 Å². The Kier molecular flexibility index (Phi) is 3.84. The highest BCUT2D eigenvalue weighted by Gasteiger charge is 2.37. The third-order valence-corrected chi connectivity index (χ3v) is 4.85. The zero-order chi connectivity index (χ0) is 15.1. The number of halogens is 2. The van der Waals surface area contributed by atoms with Gasteiger partial charge in [0.15, 0.2) is 5.78 Å². The minimum absolute atomic E-state index is 0.0373. The summed E-state index contributed by atoms with van der Waals surface area (Å²) in [6, 6.07) is 1.62. The van der Waals surface area contributed by atoms with Crippen LogP contribution in [0.5, 0.6) is 5.75 Å². The van der Waals surface area contributed by atoms with Gasteiger partial charge < -0.3 is 14.6 Å². The molecule has 0 aromatic heterocycles. The fraction of sp³-hybridized carbons (Fsp3) is 0.467. The number of carboxylic acid groups (broad SMARTS) is 1. The van der Waals surface area contributed by atoms with Gasteiger partial charge in [-0.05, 0) is 30.4 Å². The van der Waals surface area contributed by atoms with Gasteiger partial charge >= 0.3 is 0 Å². The van der Waals surface area contributed by atoms with Crippen molar-refractivity contribution < 1.29 is 19.4 Å². The molecule has 0 spiro atoms. The zero-order valence-corrected chi connectivity index (χ0v) is 12.7. The summed E-state index contributed by atoms with van der Waals surface area (Å²) in [4.78, 5) is 22.9. The first-order valence-corrected chi connectivity index (χ1v) is 7.60. The van der Waals surface area contributed by atoms with Crippen molar-refractivity contribution in [1.82, 2.24) is 0 Å². The van der Waals surface area contributed by atoms with Crippen molar-refractivity contribution in [1.29, 1.82) is 0 Å². The number of carboxylic acids is 1. The highest BCUT2D eigenvalue weighted by atomic mass is 35.5. The maximum Gasteiger partial charge on any atom is 0.168 e. The van der Waals surface area contributed by atoms with Gasteiger partial charge in [0, 0.05) is 11.5 Å². The van der Waals surface area contributed by atoms with Crippen LogP contribution in [-0.4, -0.2) is 18.4 Å². The molecule has 0 aliphatic heterocycles. The van der Waals surface area contributed by atoms with Gasteiger partial charge in [-0.3, -0.25) is 4.79 Å². The lowest BCUT2D eigenvalue weighted by Gasteiger charge is -2.12. The van der Waals surface area contributed by atoms with E-state index in [1.54, 1.807) is 6.07 Å². The number of hydrogen-bond acceptors (Lipinski definition) is 4. The third kappa shape index (κ3) is 2.87. The second-order valence-electron chi connectivity index (χ2n) is 5.64. The number of benzene rings is 1. The molecule has 0 heterocycles. The Morgan fingerprint density at radius 2 is 2.05 bits per heavy atom. The SMILES string of the molecule is O=C([O-])COc1cc2c(c(Cl)c1Cl)C(=O)C(CC1CC1)C2. The van der Waals surface area contributed by atoms with E-state index in [-0.39, 0.29) is 27.5 Å². The number of aliphatic carboxylic acids is 1. The second-order valence-corrected chi connectivity index (χ2v) is 6.40. The van der Waals surface area contributed by atoms with Crippen LogP contribution in [-0.2, 0) is 11.2 Å². The van der Waals surface area contributed by atoms with Crippen LogP contribution in [0.25, 0.3) is 0 Å². The van der Waals surface area contributed by atoms with Gasteiger partial charge in [-0.25, -0.2) is 0 Å². The van der Waals surface area contributed by atoms with Crippen molar-refractivity contribution in [2.45, 2.75) is 25.7 Å². The summed E-state index contributed by atoms with van der Waals surface area (Å²) in [5.41, 5.74) is 1.25. The lowest BCUT2D eigenvalue weighted by Crippen LogP contribution is -2.29. The lowest BCUT2D eigenvalue weighted by molar-refractivity contribution is -0.307. The summed E-state index contributed by atoms with van der Waals surface area (Å²) in [6.07, 6.45) is 3.88. The van der Waals surface area contributed by atoms with E-state index in [2.05, 4.69) is 0 Å². The Balaban J connectivity index is 1.88. The van der Waals surface area contributed by atoms with E-state index < -0.39 is 12.6 Å². The topological polar surface area (TPSA) is 66.4 Å². The van der Waals surface area contributed by atoms with Crippen LogP contribution >= 0.6 is 23.2 Å². The molecule has 112 valence electrons. The van der Waals surface area contributed by atoms with Crippen LogP contribution < -0.4 is 9.84 Å². The average molecular weight is 328 g/mol. The molecule has 1 atom stereocenters. The molecule has 1 saturated carbocycles. The minimum atomic E-state index is -1.34. The molecule has 2 aliphatic carbocycles. The van der Waals surface area contributed by atoms with Gasteiger partial charge in [0.05, 0.1) is 11.0 Å². The molecule has 0 radical (unpaired) electrons. The Labute approximate surface area is 132 Å². The molecule has 0 amide bonds. The van der Waals surface area contributed by atoms with Crippen molar-refractivity contribution in [3.8, 4) is 5.75 Å².